The average Bonchev–Trinajstić information content (AvgIpc) is 3.47. The molecule has 3 N–H and O–H groups in total. The van der Waals surface area contributed by atoms with Crippen molar-refractivity contribution in [2.75, 3.05) is 6.61 Å². The first-order valence-electron chi connectivity index (χ1n) is 10.7. The summed E-state index contributed by atoms with van der Waals surface area (Å²) in [5.74, 6) is 1.38. The third kappa shape index (κ3) is 4.64. The fourth-order valence-corrected chi connectivity index (χ4v) is 5.36. The summed E-state index contributed by atoms with van der Waals surface area (Å²) in [4.78, 5) is 10.6. The molecule has 0 fully saturated rings. The monoisotopic (exact) mass is 486 g/mol. The van der Waals surface area contributed by atoms with E-state index in [-0.39, 0.29) is 11.9 Å². The van der Waals surface area contributed by atoms with Gasteiger partial charge < -0.3 is 15.2 Å². The van der Waals surface area contributed by atoms with Crippen molar-refractivity contribution in [3.05, 3.63) is 94.4 Å². The van der Waals surface area contributed by atoms with Crippen LogP contribution in [0.1, 0.15) is 21.4 Å². The molecule has 0 radical (unpaired) electrons. The number of ether oxygens (including phenoxy) is 2. The molecule has 3 aromatic heterocycles. The molecular formula is C26H22N4O2S2. The lowest BCUT2D eigenvalue weighted by atomic mass is 10.1. The highest BCUT2D eigenvalue weighted by molar-refractivity contribution is 7.20. The van der Waals surface area contributed by atoms with Crippen LogP contribution >= 0.6 is 22.7 Å². The first-order chi connectivity index (χ1) is 16.6. The maximum absolute atomic E-state index is 7.78. The average molecular weight is 487 g/mol. The zero-order valence-electron chi connectivity index (χ0n) is 18.4. The van der Waals surface area contributed by atoms with Crippen LogP contribution in [0.25, 0.3) is 20.7 Å². The summed E-state index contributed by atoms with van der Waals surface area (Å²) in [7, 11) is 0. The maximum Gasteiger partial charge on any atom is 0.228 e. The van der Waals surface area contributed by atoms with Gasteiger partial charge in [0.25, 0.3) is 0 Å². The number of amidine groups is 1. The molecule has 6 nitrogen and oxygen atoms in total. The van der Waals surface area contributed by atoms with Gasteiger partial charge in [-0.25, -0.2) is 4.98 Å². The minimum absolute atomic E-state index is 0.0542. The topological polar surface area (TPSA) is 94.1 Å². The number of rotatable bonds is 8. The lowest BCUT2D eigenvalue weighted by molar-refractivity contribution is 0.128. The lowest BCUT2D eigenvalue weighted by Crippen LogP contribution is -2.17. The summed E-state index contributed by atoms with van der Waals surface area (Å²) in [6.07, 6.45) is 3.20. The van der Waals surface area contributed by atoms with Crippen LogP contribution in [0.2, 0.25) is 0 Å². The van der Waals surface area contributed by atoms with Crippen LogP contribution in [-0.2, 0) is 0 Å². The number of fused-ring (bicyclic) bond motifs is 1. The number of nitrogen functional groups attached to an aromatic ring is 1. The number of nitrogens with zero attached hydrogens (tertiary/aromatic N) is 2. The van der Waals surface area contributed by atoms with Crippen molar-refractivity contribution in [3.8, 4) is 22.2 Å². The smallest absolute Gasteiger partial charge is 0.228 e. The Hall–Kier alpha value is -3.75. The number of aromatic nitrogens is 2. The Kier molecular flexibility index (Phi) is 6.24. The molecule has 1 atom stereocenters. The second-order valence-corrected chi connectivity index (χ2v) is 9.93. The van der Waals surface area contributed by atoms with Crippen LogP contribution in [0.3, 0.4) is 0 Å². The van der Waals surface area contributed by atoms with E-state index in [4.69, 9.17) is 25.6 Å². The second-order valence-electron chi connectivity index (χ2n) is 7.64. The van der Waals surface area contributed by atoms with Crippen molar-refractivity contribution in [3.63, 3.8) is 0 Å². The minimum atomic E-state index is -0.351. The minimum Gasteiger partial charge on any atom is -0.481 e. The Labute approximate surface area is 205 Å². The third-order valence-corrected chi connectivity index (χ3v) is 7.40. The van der Waals surface area contributed by atoms with Crippen molar-refractivity contribution >= 4 is 38.6 Å². The molecule has 1 unspecified atom stereocenters. The summed E-state index contributed by atoms with van der Waals surface area (Å²) in [6.45, 7) is 2.29. The number of nitrogens with one attached hydrogen (secondary N) is 1. The highest BCUT2D eigenvalue weighted by Crippen LogP contribution is 2.36. The van der Waals surface area contributed by atoms with Gasteiger partial charge in [-0.05, 0) is 42.8 Å². The van der Waals surface area contributed by atoms with Gasteiger partial charge in [-0.2, -0.15) is 0 Å². The van der Waals surface area contributed by atoms with Crippen LogP contribution in [0.15, 0.2) is 79.1 Å². The Bertz CT molecular complexity index is 1430. The van der Waals surface area contributed by atoms with Crippen molar-refractivity contribution in [2.45, 2.75) is 13.0 Å². The molecule has 2 aromatic carbocycles. The van der Waals surface area contributed by atoms with Gasteiger partial charge >= 0.3 is 0 Å². The van der Waals surface area contributed by atoms with E-state index < -0.39 is 0 Å². The number of hydrogen-bond donors (Lipinski definition) is 2. The molecule has 0 bridgehead atoms. The number of aryl methyl sites for hydroxylation is 1. The van der Waals surface area contributed by atoms with E-state index in [9.17, 15) is 0 Å². The molecule has 0 aliphatic rings. The van der Waals surface area contributed by atoms with Gasteiger partial charge in [0.05, 0.1) is 9.75 Å². The quantitative estimate of drug-likeness (QED) is 0.201. The van der Waals surface area contributed by atoms with E-state index >= 15 is 0 Å². The second kappa shape index (κ2) is 9.62. The lowest BCUT2D eigenvalue weighted by Gasteiger charge is -2.20. The Balaban J connectivity index is 1.42. The van der Waals surface area contributed by atoms with Crippen LogP contribution in [0, 0.1) is 12.3 Å². The fourth-order valence-electron chi connectivity index (χ4n) is 3.57. The van der Waals surface area contributed by atoms with E-state index in [1.807, 2.05) is 73.7 Å². The van der Waals surface area contributed by atoms with Gasteiger partial charge in [0.2, 0.25) is 5.88 Å². The van der Waals surface area contributed by atoms with Crippen LogP contribution in [-0.4, -0.2) is 22.4 Å². The SMILES string of the molecule is Cc1sc(-c2cccnc2)nc1OCC(Oc1cccc2sc(C(=N)N)cc12)c1ccccc1. The van der Waals surface area contributed by atoms with Gasteiger partial charge in [0.15, 0.2) is 6.10 Å². The Morgan fingerprint density at radius 2 is 1.91 bits per heavy atom. The fraction of sp³-hybridized carbons (Fsp3) is 0.115. The van der Waals surface area contributed by atoms with E-state index in [1.54, 1.807) is 23.7 Å². The van der Waals surface area contributed by atoms with E-state index in [0.29, 0.717) is 12.5 Å². The number of benzene rings is 2. The largest absolute Gasteiger partial charge is 0.481 e. The summed E-state index contributed by atoms with van der Waals surface area (Å²) in [6, 6.07) is 21.7. The Morgan fingerprint density at radius 1 is 1.06 bits per heavy atom. The molecular weight excluding hydrogens is 464 g/mol. The molecule has 0 aliphatic carbocycles. The molecule has 34 heavy (non-hydrogen) atoms. The van der Waals surface area contributed by atoms with Gasteiger partial charge in [0, 0.05) is 28.0 Å². The predicted octanol–water partition coefficient (Wildman–Crippen LogP) is 6.21. The van der Waals surface area contributed by atoms with Gasteiger partial charge in [-0.3, -0.25) is 10.4 Å². The predicted molar refractivity (Wildman–Crippen MR) is 138 cm³/mol. The number of nitrogens with two attached hydrogens (primary N) is 1. The molecule has 0 amide bonds. The molecule has 5 rings (SSSR count). The normalized spacial score (nSPS) is 11.9. The zero-order valence-corrected chi connectivity index (χ0v) is 20.0. The molecule has 0 saturated heterocycles. The third-order valence-electron chi connectivity index (χ3n) is 5.26. The van der Waals surface area contributed by atoms with Crippen molar-refractivity contribution in [2.24, 2.45) is 5.73 Å². The number of thiazole rings is 1. The maximum atomic E-state index is 7.78. The molecule has 5 aromatic rings. The first-order valence-corrected chi connectivity index (χ1v) is 12.3. The van der Waals surface area contributed by atoms with Crippen molar-refractivity contribution < 1.29 is 9.47 Å². The summed E-state index contributed by atoms with van der Waals surface area (Å²) < 4.78 is 13.7. The van der Waals surface area contributed by atoms with Crippen molar-refractivity contribution in [1.29, 1.82) is 5.41 Å². The van der Waals surface area contributed by atoms with Crippen LogP contribution in [0.5, 0.6) is 11.6 Å². The van der Waals surface area contributed by atoms with E-state index in [0.717, 1.165) is 41.7 Å². The first kappa shape index (κ1) is 22.1. The Morgan fingerprint density at radius 3 is 2.68 bits per heavy atom. The summed E-state index contributed by atoms with van der Waals surface area (Å²) >= 11 is 3.06. The molecule has 0 saturated carbocycles. The van der Waals surface area contributed by atoms with E-state index in [1.165, 1.54) is 11.3 Å². The number of thiophene rings is 1. The zero-order chi connectivity index (χ0) is 23.5. The van der Waals surface area contributed by atoms with Gasteiger partial charge in [0.1, 0.15) is 23.2 Å². The molecule has 170 valence electrons. The number of pyridine rings is 1. The van der Waals surface area contributed by atoms with Crippen LogP contribution in [0.4, 0.5) is 0 Å². The van der Waals surface area contributed by atoms with Crippen molar-refractivity contribution in [1.82, 2.24) is 9.97 Å². The molecule has 0 aliphatic heterocycles. The van der Waals surface area contributed by atoms with Gasteiger partial charge in [-0.1, -0.05) is 36.4 Å². The van der Waals surface area contributed by atoms with Gasteiger partial charge in [-0.15, -0.1) is 22.7 Å². The highest BCUT2D eigenvalue weighted by Gasteiger charge is 2.19. The van der Waals surface area contributed by atoms with E-state index in [2.05, 4.69) is 4.98 Å². The molecule has 0 spiro atoms. The standard InChI is InChI=1S/C26H22N4O2S2/c1-16-25(30-26(33-16)18-9-6-12-29-14-18)31-15-21(17-7-3-2-4-8-17)32-20-10-5-11-22-19(20)13-23(34-22)24(27)28/h2-14,21H,15H2,1H3,(H3,27,28). The summed E-state index contributed by atoms with van der Waals surface area (Å²) in [5, 5.41) is 9.58. The molecule has 8 heteroatoms. The summed E-state index contributed by atoms with van der Waals surface area (Å²) in [5.41, 5.74) is 7.68. The number of hydrogen-bond acceptors (Lipinski definition) is 7. The highest BCUT2D eigenvalue weighted by atomic mass is 32.1. The molecule has 3 heterocycles. The van der Waals surface area contributed by atoms with Crippen LogP contribution < -0.4 is 15.2 Å².